The maximum absolute atomic E-state index is 10.9. The molecule has 0 heterocycles. The minimum absolute atomic E-state index is 0.0626. The monoisotopic (exact) mass is 252 g/mol. The number of carbonyl (C=O) groups excluding carboxylic acids is 1. The van der Waals surface area contributed by atoms with Crippen LogP contribution < -0.4 is 5.32 Å². The Hall–Kier alpha value is -1.34. The summed E-state index contributed by atoms with van der Waals surface area (Å²) in [4.78, 5) is 10.9. The van der Waals surface area contributed by atoms with E-state index in [0.717, 1.165) is 5.56 Å². The van der Waals surface area contributed by atoms with E-state index >= 15 is 0 Å². The van der Waals surface area contributed by atoms with Gasteiger partial charge in [0.25, 0.3) is 0 Å². The molecule has 0 fully saturated rings. The quantitative estimate of drug-likeness (QED) is 0.831. The van der Waals surface area contributed by atoms with Gasteiger partial charge in [0.1, 0.15) is 0 Å². The average Bonchev–Trinajstić information content (AvgIpc) is 2.26. The van der Waals surface area contributed by atoms with E-state index in [0.29, 0.717) is 17.4 Å². The minimum Gasteiger partial charge on any atom is -0.351 e. The van der Waals surface area contributed by atoms with E-state index in [4.69, 9.17) is 5.26 Å². The number of alkyl halides is 1. The van der Waals surface area contributed by atoms with Gasteiger partial charge in [-0.3, -0.25) is 4.79 Å². The first-order valence-electron chi connectivity index (χ1n) is 4.08. The number of halogens is 1. The van der Waals surface area contributed by atoms with E-state index in [-0.39, 0.29) is 5.91 Å². The second kappa shape index (κ2) is 5.40. The van der Waals surface area contributed by atoms with Gasteiger partial charge in [0.15, 0.2) is 0 Å². The predicted molar refractivity (Wildman–Crippen MR) is 56.8 cm³/mol. The molecule has 0 bridgehead atoms. The molecule has 3 nitrogen and oxygen atoms in total. The standard InChI is InChI=1S/C10H9BrN2O/c11-5-10(14)13-7-9-3-1-2-8(4-9)6-12/h1-4H,5,7H2,(H,13,14). The molecule has 72 valence electrons. The molecule has 0 aliphatic carbocycles. The number of hydrogen-bond donors (Lipinski definition) is 1. The number of hydrogen-bond acceptors (Lipinski definition) is 2. The third-order valence-electron chi connectivity index (χ3n) is 1.67. The minimum atomic E-state index is -0.0626. The molecule has 0 saturated carbocycles. The highest BCUT2D eigenvalue weighted by Crippen LogP contribution is 2.03. The zero-order valence-corrected chi connectivity index (χ0v) is 9.04. The molecule has 1 amide bonds. The number of carbonyl (C=O) groups is 1. The van der Waals surface area contributed by atoms with Crippen LogP contribution in [0, 0.1) is 11.3 Å². The van der Waals surface area contributed by atoms with Crippen molar-refractivity contribution >= 4 is 21.8 Å². The smallest absolute Gasteiger partial charge is 0.230 e. The van der Waals surface area contributed by atoms with Gasteiger partial charge < -0.3 is 5.32 Å². The number of rotatable bonds is 3. The summed E-state index contributed by atoms with van der Waals surface area (Å²) in [7, 11) is 0. The number of benzene rings is 1. The third kappa shape index (κ3) is 3.19. The number of nitriles is 1. The normalized spacial score (nSPS) is 9.14. The lowest BCUT2D eigenvalue weighted by molar-refractivity contribution is -0.118. The van der Waals surface area contributed by atoms with E-state index in [9.17, 15) is 4.79 Å². The first kappa shape index (κ1) is 10.7. The van der Waals surface area contributed by atoms with E-state index in [1.807, 2.05) is 12.1 Å². The van der Waals surface area contributed by atoms with Crippen molar-refractivity contribution in [3.63, 3.8) is 0 Å². The van der Waals surface area contributed by atoms with Crippen LogP contribution in [0.2, 0.25) is 0 Å². The van der Waals surface area contributed by atoms with E-state index in [1.54, 1.807) is 18.2 Å². The van der Waals surface area contributed by atoms with Crippen LogP contribution in [0.5, 0.6) is 0 Å². The highest BCUT2D eigenvalue weighted by molar-refractivity contribution is 9.09. The fourth-order valence-electron chi connectivity index (χ4n) is 0.999. The van der Waals surface area contributed by atoms with Crippen molar-refractivity contribution in [3.05, 3.63) is 35.4 Å². The Morgan fingerprint density at radius 3 is 3.00 bits per heavy atom. The van der Waals surface area contributed by atoms with Gasteiger partial charge in [0.05, 0.1) is 17.0 Å². The highest BCUT2D eigenvalue weighted by Gasteiger charge is 1.98. The number of nitrogens with zero attached hydrogens (tertiary/aromatic N) is 1. The van der Waals surface area contributed by atoms with Crippen molar-refractivity contribution in [2.24, 2.45) is 0 Å². The van der Waals surface area contributed by atoms with Crippen LogP contribution in [-0.2, 0) is 11.3 Å². The van der Waals surface area contributed by atoms with Crippen LogP contribution in [-0.4, -0.2) is 11.2 Å². The van der Waals surface area contributed by atoms with Gasteiger partial charge >= 0.3 is 0 Å². The van der Waals surface area contributed by atoms with Crippen molar-refractivity contribution in [2.45, 2.75) is 6.54 Å². The van der Waals surface area contributed by atoms with Crippen molar-refractivity contribution in [1.29, 1.82) is 5.26 Å². The molecule has 1 N–H and O–H groups in total. The van der Waals surface area contributed by atoms with E-state index < -0.39 is 0 Å². The summed E-state index contributed by atoms with van der Waals surface area (Å²) in [6, 6.07) is 9.21. The maximum Gasteiger partial charge on any atom is 0.230 e. The number of amides is 1. The first-order valence-corrected chi connectivity index (χ1v) is 5.20. The van der Waals surface area contributed by atoms with Crippen molar-refractivity contribution < 1.29 is 4.79 Å². The Bertz CT molecular complexity index is 371. The molecule has 0 unspecified atom stereocenters. The molecule has 0 aliphatic heterocycles. The Morgan fingerprint density at radius 2 is 2.36 bits per heavy atom. The fraction of sp³-hybridized carbons (Fsp3) is 0.200. The average molecular weight is 253 g/mol. The van der Waals surface area contributed by atoms with Crippen molar-refractivity contribution in [2.75, 3.05) is 5.33 Å². The molecule has 0 aromatic heterocycles. The van der Waals surface area contributed by atoms with Crippen LogP contribution in [0.1, 0.15) is 11.1 Å². The summed E-state index contributed by atoms with van der Waals surface area (Å²) >= 11 is 3.05. The van der Waals surface area contributed by atoms with Gasteiger partial charge in [0, 0.05) is 6.54 Å². The maximum atomic E-state index is 10.9. The lowest BCUT2D eigenvalue weighted by Gasteiger charge is -2.02. The molecule has 1 aromatic carbocycles. The second-order valence-corrected chi connectivity index (χ2v) is 3.28. The van der Waals surface area contributed by atoms with Crippen molar-refractivity contribution in [1.82, 2.24) is 5.32 Å². The molecule has 14 heavy (non-hydrogen) atoms. The topological polar surface area (TPSA) is 52.9 Å². The van der Waals surface area contributed by atoms with Gasteiger partial charge in [-0.05, 0) is 17.7 Å². The fourth-order valence-corrected chi connectivity index (χ4v) is 1.20. The first-order chi connectivity index (χ1) is 6.76. The Morgan fingerprint density at radius 1 is 1.57 bits per heavy atom. The zero-order chi connectivity index (χ0) is 10.4. The Labute approximate surface area is 90.9 Å². The predicted octanol–water partition coefficient (Wildman–Crippen LogP) is 1.57. The molecule has 1 rings (SSSR count). The summed E-state index contributed by atoms with van der Waals surface area (Å²) in [5.74, 6) is -0.0626. The van der Waals surface area contributed by atoms with Crippen LogP contribution in [0.15, 0.2) is 24.3 Å². The summed E-state index contributed by atoms with van der Waals surface area (Å²) in [6.07, 6.45) is 0. The Kier molecular flexibility index (Phi) is 4.14. The molecule has 0 spiro atoms. The molecule has 0 aliphatic rings. The summed E-state index contributed by atoms with van der Waals surface area (Å²) in [5, 5.41) is 11.6. The third-order valence-corrected chi connectivity index (χ3v) is 2.18. The molecule has 0 atom stereocenters. The van der Waals surface area contributed by atoms with Crippen LogP contribution in [0.3, 0.4) is 0 Å². The summed E-state index contributed by atoms with van der Waals surface area (Å²) in [6.45, 7) is 0.458. The molecule has 4 heteroatoms. The largest absolute Gasteiger partial charge is 0.351 e. The van der Waals surface area contributed by atoms with Crippen molar-refractivity contribution in [3.8, 4) is 6.07 Å². The SMILES string of the molecule is N#Cc1cccc(CNC(=O)CBr)c1. The summed E-state index contributed by atoms with van der Waals surface area (Å²) < 4.78 is 0. The van der Waals surface area contributed by atoms with Gasteiger partial charge in [-0.15, -0.1) is 0 Å². The van der Waals surface area contributed by atoms with Crippen LogP contribution >= 0.6 is 15.9 Å². The molecule has 0 saturated heterocycles. The van der Waals surface area contributed by atoms with Crippen LogP contribution in [0.25, 0.3) is 0 Å². The van der Waals surface area contributed by atoms with Gasteiger partial charge in [-0.1, -0.05) is 28.1 Å². The Balaban J connectivity index is 2.60. The molecule has 1 aromatic rings. The number of nitrogens with one attached hydrogen (secondary N) is 1. The lowest BCUT2D eigenvalue weighted by Crippen LogP contribution is -2.23. The van der Waals surface area contributed by atoms with Gasteiger partial charge in [-0.25, -0.2) is 0 Å². The second-order valence-electron chi connectivity index (χ2n) is 2.72. The van der Waals surface area contributed by atoms with Crippen LogP contribution in [0.4, 0.5) is 0 Å². The summed E-state index contributed by atoms with van der Waals surface area (Å²) in [5.41, 5.74) is 1.54. The van der Waals surface area contributed by atoms with E-state index in [1.165, 1.54) is 0 Å². The van der Waals surface area contributed by atoms with Gasteiger partial charge in [0.2, 0.25) is 5.91 Å². The lowest BCUT2D eigenvalue weighted by atomic mass is 10.1. The molecular formula is C10H9BrN2O. The highest BCUT2D eigenvalue weighted by atomic mass is 79.9. The van der Waals surface area contributed by atoms with E-state index in [2.05, 4.69) is 21.2 Å². The molecule has 0 radical (unpaired) electrons. The van der Waals surface area contributed by atoms with Gasteiger partial charge in [-0.2, -0.15) is 5.26 Å². The molecular weight excluding hydrogens is 244 g/mol. The zero-order valence-electron chi connectivity index (χ0n) is 7.46.